The quantitative estimate of drug-likeness (QED) is 0.857. The number of rotatable bonds is 3. The monoisotopic (exact) mass is 248 g/mol. The smallest absolute Gasteiger partial charge is 0.236 e. The third kappa shape index (κ3) is 4.51. The number of benzene rings is 1. The van der Waals surface area contributed by atoms with Crippen molar-refractivity contribution in [1.82, 2.24) is 5.32 Å². The Morgan fingerprint density at radius 3 is 2.67 bits per heavy atom. The molecular formula is C10H14Cl2N2O. The molecule has 3 nitrogen and oxygen atoms in total. The molecule has 0 saturated carbocycles. The minimum Gasteiger partial charge on any atom is -0.351 e. The molecular weight excluding hydrogens is 235 g/mol. The lowest BCUT2D eigenvalue weighted by molar-refractivity contribution is -0.122. The molecule has 3 N–H and O–H groups in total. The number of carbonyl (C=O) groups excluding carboxylic acids is 1. The van der Waals surface area contributed by atoms with Crippen LogP contribution in [0.15, 0.2) is 24.3 Å². The molecule has 5 heteroatoms. The zero-order valence-corrected chi connectivity index (χ0v) is 9.94. The first kappa shape index (κ1) is 14.2. The first-order valence-corrected chi connectivity index (χ1v) is 4.75. The SMILES string of the molecule is C[C@H](N)C(=O)NCc1ccccc1Cl.Cl. The van der Waals surface area contributed by atoms with Crippen LogP contribution in [0.1, 0.15) is 12.5 Å². The van der Waals surface area contributed by atoms with Gasteiger partial charge in [0.1, 0.15) is 0 Å². The fraction of sp³-hybridized carbons (Fsp3) is 0.300. The second-order valence-corrected chi connectivity index (χ2v) is 3.51. The van der Waals surface area contributed by atoms with Crippen molar-refractivity contribution in [2.75, 3.05) is 0 Å². The van der Waals surface area contributed by atoms with Crippen molar-refractivity contribution in [3.8, 4) is 0 Å². The zero-order chi connectivity index (χ0) is 10.6. The van der Waals surface area contributed by atoms with Crippen molar-refractivity contribution in [3.63, 3.8) is 0 Å². The van der Waals surface area contributed by atoms with Crippen LogP contribution < -0.4 is 11.1 Å². The van der Waals surface area contributed by atoms with Crippen LogP contribution in [-0.4, -0.2) is 11.9 Å². The zero-order valence-electron chi connectivity index (χ0n) is 8.37. The number of amides is 1. The normalized spacial score (nSPS) is 11.4. The predicted octanol–water partition coefficient (Wildman–Crippen LogP) is 1.73. The van der Waals surface area contributed by atoms with Gasteiger partial charge in [-0.2, -0.15) is 0 Å². The van der Waals surface area contributed by atoms with Gasteiger partial charge in [0, 0.05) is 11.6 Å². The summed E-state index contributed by atoms with van der Waals surface area (Å²) in [6.07, 6.45) is 0. The maximum absolute atomic E-state index is 11.1. The summed E-state index contributed by atoms with van der Waals surface area (Å²) in [5.74, 6) is -0.176. The van der Waals surface area contributed by atoms with Crippen molar-refractivity contribution < 1.29 is 4.79 Å². The van der Waals surface area contributed by atoms with Crippen molar-refractivity contribution in [3.05, 3.63) is 34.9 Å². The van der Waals surface area contributed by atoms with Gasteiger partial charge in [-0.15, -0.1) is 12.4 Å². The number of hydrogen-bond acceptors (Lipinski definition) is 2. The average Bonchev–Trinajstić information content (AvgIpc) is 2.16. The molecule has 0 fully saturated rings. The van der Waals surface area contributed by atoms with Crippen LogP contribution in [0.5, 0.6) is 0 Å². The first-order chi connectivity index (χ1) is 6.61. The van der Waals surface area contributed by atoms with E-state index >= 15 is 0 Å². The van der Waals surface area contributed by atoms with E-state index in [1.165, 1.54) is 0 Å². The Labute approximate surface area is 100 Å². The van der Waals surface area contributed by atoms with Gasteiger partial charge in [0.25, 0.3) is 0 Å². The highest BCUT2D eigenvalue weighted by Crippen LogP contribution is 2.14. The number of nitrogens with two attached hydrogens (primary N) is 1. The maximum atomic E-state index is 11.1. The van der Waals surface area contributed by atoms with E-state index < -0.39 is 6.04 Å². The summed E-state index contributed by atoms with van der Waals surface area (Å²) < 4.78 is 0. The van der Waals surface area contributed by atoms with E-state index in [4.69, 9.17) is 17.3 Å². The minimum absolute atomic E-state index is 0. The molecule has 0 saturated heterocycles. The van der Waals surface area contributed by atoms with E-state index in [0.29, 0.717) is 11.6 Å². The Balaban J connectivity index is 0.00000196. The Kier molecular flexibility index (Phi) is 6.32. The van der Waals surface area contributed by atoms with Crippen LogP contribution in [0.25, 0.3) is 0 Å². The molecule has 0 spiro atoms. The molecule has 0 aliphatic heterocycles. The Bertz CT molecular complexity index is 329. The van der Waals surface area contributed by atoms with Gasteiger partial charge in [0.05, 0.1) is 6.04 Å². The van der Waals surface area contributed by atoms with Crippen LogP contribution in [0, 0.1) is 0 Å². The van der Waals surface area contributed by atoms with Gasteiger partial charge in [-0.05, 0) is 18.6 Å². The second-order valence-electron chi connectivity index (χ2n) is 3.10. The van der Waals surface area contributed by atoms with Crippen LogP contribution in [0.2, 0.25) is 5.02 Å². The highest BCUT2D eigenvalue weighted by Gasteiger charge is 2.06. The van der Waals surface area contributed by atoms with E-state index in [1.54, 1.807) is 13.0 Å². The summed E-state index contributed by atoms with van der Waals surface area (Å²) in [4.78, 5) is 11.1. The molecule has 0 unspecified atom stereocenters. The molecule has 0 aromatic heterocycles. The van der Waals surface area contributed by atoms with Crippen LogP contribution in [0.4, 0.5) is 0 Å². The van der Waals surface area contributed by atoms with Gasteiger partial charge < -0.3 is 11.1 Å². The van der Waals surface area contributed by atoms with Crippen molar-refractivity contribution in [1.29, 1.82) is 0 Å². The highest BCUT2D eigenvalue weighted by molar-refractivity contribution is 6.31. The Morgan fingerprint density at radius 2 is 2.13 bits per heavy atom. The third-order valence-corrected chi connectivity index (χ3v) is 2.19. The van der Waals surface area contributed by atoms with Gasteiger partial charge >= 0.3 is 0 Å². The molecule has 1 atom stereocenters. The lowest BCUT2D eigenvalue weighted by Crippen LogP contribution is -2.37. The standard InChI is InChI=1S/C10H13ClN2O.ClH/c1-7(12)10(14)13-6-8-4-2-3-5-9(8)11;/h2-5,7H,6,12H2,1H3,(H,13,14);1H/t7-;/m0./s1. The number of carbonyl (C=O) groups is 1. The third-order valence-electron chi connectivity index (χ3n) is 1.82. The van der Waals surface area contributed by atoms with Gasteiger partial charge in [-0.3, -0.25) is 4.79 Å². The van der Waals surface area contributed by atoms with E-state index in [9.17, 15) is 4.79 Å². The summed E-state index contributed by atoms with van der Waals surface area (Å²) in [5, 5.41) is 3.34. The Morgan fingerprint density at radius 1 is 1.53 bits per heavy atom. The highest BCUT2D eigenvalue weighted by atomic mass is 35.5. The summed E-state index contributed by atoms with van der Waals surface area (Å²) in [5.41, 5.74) is 6.28. The maximum Gasteiger partial charge on any atom is 0.236 e. The van der Waals surface area contributed by atoms with Crippen molar-refractivity contribution in [2.24, 2.45) is 5.73 Å². The van der Waals surface area contributed by atoms with Gasteiger partial charge in [0.15, 0.2) is 0 Å². The molecule has 1 rings (SSSR count). The van der Waals surface area contributed by atoms with E-state index in [-0.39, 0.29) is 18.3 Å². The number of halogens is 2. The van der Waals surface area contributed by atoms with Crippen LogP contribution in [-0.2, 0) is 11.3 Å². The van der Waals surface area contributed by atoms with E-state index in [2.05, 4.69) is 5.32 Å². The number of nitrogens with one attached hydrogen (secondary N) is 1. The largest absolute Gasteiger partial charge is 0.351 e. The summed E-state index contributed by atoms with van der Waals surface area (Å²) >= 11 is 5.90. The lowest BCUT2D eigenvalue weighted by atomic mass is 10.2. The predicted molar refractivity (Wildman–Crippen MR) is 64.2 cm³/mol. The molecule has 0 aliphatic carbocycles. The van der Waals surface area contributed by atoms with Crippen molar-refractivity contribution >= 4 is 29.9 Å². The molecule has 1 amide bonds. The van der Waals surface area contributed by atoms with E-state index in [1.807, 2.05) is 18.2 Å². The number of hydrogen-bond donors (Lipinski definition) is 2. The van der Waals surface area contributed by atoms with Gasteiger partial charge in [-0.1, -0.05) is 29.8 Å². The summed E-state index contributed by atoms with van der Waals surface area (Å²) in [6.45, 7) is 2.06. The second kappa shape index (κ2) is 6.67. The first-order valence-electron chi connectivity index (χ1n) is 4.38. The Hall–Kier alpha value is -0.770. The minimum atomic E-state index is -0.488. The van der Waals surface area contributed by atoms with Crippen LogP contribution in [0.3, 0.4) is 0 Å². The molecule has 15 heavy (non-hydrogen) atoms. The topological polar surface area (TPSA) is 55.1 Å². The molecule has 1 aromatic carbocycles. The van der Waals surface area contributed by atoms with E-state index in [0.717, 1.165) is 5.56 Å². The molecule has 0 heterocycles. The lowest BCUT2D eigenvalue weighted by Gasteiger charge is -2.08. The molecule has 84 valence electrons. The van der Waals surface area contributed by atoms with Gasteiger partial charge in [-0.25, -0.2) is 0 Å². The van der Waals surface area contributed by atoms with Crippen LogP contribution >= 0.6 is 24.0 Å². The molecule has 0 bridgehead atoms. The fourth-order valence-electron chi connectivity index (χ4n) is 0.985. The molecule has 0 radical (unpaired) electrons. The summed E-state index contributed by atoms with van der Waals surface area (Å²) in [6, 6.07) is 6.88. The van der Waals surface area contributed by atoms with Crippen molar-refractivity contribution in [2.45, 2.75) is 19.5 Å². The summed E-state index contributed by atoms with van der Waals surface area (Å²) in [7, 11) is 0. The molecule has 0 aliphatic rings. The average molecular weight is 249 g/mol. The van der Waals surface area contributed by atoms with Gasteiger partial charge in [0.2, 0.25) is 5.91 Å². The fourth-order valence-corrected chi connectivity index (χ4v) is 1.19. The molecule has 1 aromatic rings.